The number of carbonyl (C=O) groups excluding carboxylic acids is 1. The van der Waals surface area contributed by atoms with Gasteiger partial charge in [-0.1, -0.05) is 200 Å². The largest absolute Gasteiger partial charge is 0.756 e. The van der Waals surface area contributed by atoms with E-state index in [9.17, 15) is 19.4 Å². The Morgan fingerprint density at radius 1 is 0.554 bits per heavy atom. The first kappa shape index (κ1) is 61.9. The molecule has 9 heteroatoms. The summed E-state index contributed by atoms with van der Waals surface area (Å²) >= 11 is 0. The summed E-state index contributed by atoms with van der Waals surface area (Å²) in [6, 6.07) is -0.894. The number of nitrogens with one attached hydrogen (secondary N) is 1. The van der Waals surface area contributed by atoms with Crippen molar-refractivity contribution in [3.63, 3.8) is 0 Å². The Kier molecular flexibility index (Phi) is 43.8. The van der Waals surface area contributed by atoms with Crippen molar-refractivity contribution in [2.75, 3.05) is 40.9 Å². The standard InChI is InChI=1S/C56H95N2O6P/c1-6-8-10-12-14-15-16-17-18-19-20-21-22-23-24-25-26-27-28-29-30-31-32-33-34-35-36-37-38-39-40-41-42-43-44-46-48-50-56(60)57-54(55(59)49-47-45-13-11-9-7-2)53-64-65(61,62)63-52-51-58(3,4)5/h8,10,14-15,17-18,20-21,23-24,26-27,29-30,32-33,35-36,47,49,54-55,59H,6-7,9,11-13,16,19,22,25,28,31,34,37-46,48,50-53H2,1-5H3,(H-,57,60,61,62)/b10-8-,15-14-,18-17-,21-20-,24-23-,27-26-,30-29-,33-32-,36-35-,49-47+. The first-order chi connectivity index (χ1) is 31.5. The van der Waals surface area contributed by atoms with Crippen molar-refractivity contribution in [1.82, 2.24) is 5.32 Å². The zero-order chi connectivity index (χ0) is 47.8. The first-order valence-corrected chi connectivity index (χ1v) is 26.9. The molecule has 3 unspecified atom stereocenters. The quantitative estimate of drug-likeness (QED) is 0.0273. The highest BCUT2D eigenvalue weighted by Gasteiger charge is 2.23. The van der Waals surface area contributed by atoms with Crippen LogP contribution in [-0.4, -0.2) is 68.5 Å². The highest BCUT2D eigenvalue weighted by Crippen LogP contribution is 2.38. The van der Waals surface area contributed by atoms with Gasteiger partial charge in [0.05, 0.1) is 39.9 Å². The van der Waals surface area contributed by atoms with Crippen LogP contribution in [0.1, 0.15) is 174 Å². The third kappa shape index (κ3) is 48.6. The average molecular weight is 923 g/mol. The summed E-state index contributed by atoms with van der Waals surface area (Å²) in [5.41, 5.74) is 0. The van der Waals surface area contributed by atoms with E-state index in [2.05, 4.69) is 129 Å². The lowest BCUT2D eigenvalue weighted by Crippen LogP contribution is -2.45. The maximum Gasteiger partial charge on any atom is 0.268 e. The number of aliphatic hydroxyl groups is 1. The topological polar surface area (TPSA) is 108 Å². The molecular formula is C56H95N2O6P. The van der Waals surface area contributed by atoms with Crippen molar-refractivity contribution < 1.29 is 32.9 Å². The van der Waals surface area contributed by atoms with Crippen LogP contribution in [0, 0.1) is 0 Å². The number of allylic oxidation sites excluding steroid dienone is 19. The summed E-state index contributed by atoms with van der Waals surface area (Å²) in [7, 11) is 1.23. The number of unbranched alkanes of at least 4 members (excludes halogenated alkanes) is 13. The fourth-order valence-electron chi connectivity index (χ4n) is 6.44. The molecule has 0 aliphatic carbocycles. The molecule has 3 atom stereocenters. The van der Waals surface area contributed by atoms with Crippen molar-refractivity contribution in [2.24, 2.45) is 0 Å². The molecule has 65 heavy (non-hydrogen) atoms. The predicted molar refractivity (Wildman–Crippen MR) is 279 cm³/mol. The Labute approximate surface area is 399 Å². The number of phosphoric acid groups is 1. The number of hydrogen-bond acceptors (Lipinski definition) is 6. The van der Waals surface area contributed by atoms with Gasteiger partial charge in [-0.25, -0.2) is 0 Å². The van der Waals surface area contributed by atoms with Crippen LogP contribution >= 0.6 is 7.82 Å². The maximum atomic E-state index is 12.8. The van der Waals surface area contributed by atoms with Crippen LogP contribution in [0.3, 0.4) is 0 Å². The molecule has 2 N–H and O–H groups in total. The second-order valence-corrected chi connectivity index (χ2v) is 19.2. The molecule has 0 aliphatic heterocycles. The second-order valence-electron chi connectivity index (χ2n) is 17.8. The molecule has 0 bridgehead atoms. The third-order valence-electron chi connectivity index (χ3n) is 10.4. The number of quaternary nitrogens is 1. The average Bonchev–Trinajstić information content (AvgIpc) is 3.26. The molecule has 0 saturated carbocycles. The van der Waals surface area contributed by atoms with Crippen molar-refractivity contribution in [3.8, 4) is 0 Å². The van der Waals surface area contributed by atoms with E-state index in [-0.39, 0.29) is 12.5 Å². The smallest absolute Gasteiger partial charge is 0.268 e. The van der Waals surface area contributed by atoms with Crippen molar-refractivity contribution in [3.05, 3.63) is 122 Å². The summed E-state index contributed by atoms with van der Waals surface area (Å²) in [5, 5.41) is 13.6. The summed E-state index contributed by atoms with van der Waals surface area (Å²) in [6.07, 6.45) is 68.8. The van der Waals surface area contributed by atoms with E-state index >= 15 is 0 Å². The van der Waals surface area contributed by atoms with E-state index in [4.69, 9.17) is 9.05 Å². The number of aliphatic hydroxyl groups excluding tert-OH is 1. The zero-order valence-electron chi connectivity index (χ0n) is 41.9. The van der Waals surface area contributed by atoms with Gasteiger partial charge in [-0.2, -0.15) is 0 Å². The summed E-state index contributed by atoms with van der Waals surface area (Å²) in [6.45, 7) is 4.41. The number of nitrogens with zero attached hydrogens (tertiary/aromatic N) is 1. The highest BCUT2D eigenvalue weighted by atomic mass is 31.2. The van der Waals surface area contributed by atoms with E-state index in [1.807, 2.05) is 27.2 Å². The molecule has 0 aromatic rings. The molecule has 0 spiro atoms. The summed E-state index contributed by atoms with van der Waals surface area (Å²) in [5.74, 6) is -0.216. The zero-order valence-corrected chi connectivity index (χ0v) is 42.8. The van der Waals surface area contributed by atoms with Crippen molar-refractivity contribution >= 4 is 13.7 Å². The predicted octanol–water partition coefficient (Wildman–Crippen LogP) is 14.4. The van der Waals surface area contributed by atoms with E-state index in [1.54, 1.807) is 6.08 Å². The van der Waals surface area contributed by atoms with Gasteiger partial charge in [0, 0.05) is 6.42 Å². The van der Waals surface area contributed by atoms with E-state index in [0.717, 1.165) is 116 Å². The number of hydrogen-bond donors (Lipinski definition) is 2. The maximum absolute atomic E-state index is 12.8. The minimum atomic E-state index is -4.59. The van der Waals surface area contributed by atoms with E-state index in [0.29, 0.717) is 17.4 Å². The van der Waals surface area contributed by atoms with Gasteiger partial charge in [-0.3, -0.25) is 9.36 Å². The number of likely N-dealkylation sites (N-methyl/N-ethyl adjacent to an activating group) is 1. The summed E-state index contributed by atoms with van der Waals surface area (Å²) in [4.78, 5) is 25.2. The van der Waals surface area contributed by atoms with E-state index < -0.39 is 26.6 Å². The van der Waals surface area contributed by atoms with Crippen LogP contribution in [0.5, 0.6) is 0 Å². The Morgan fingerprint density at radius 3 is 1.37 bits per heavy atom. The third-order valence-corrected chi connectivity index (χ3v) is 11.4. The number of amides is 1. The van der Waals surface area contributed by atoms with Crippen molar-refractivity contribution in [1.29, 1.82) is 0 Å². The fourth-order valence-corrected chi connectivity index (χ4v) is 7.16. The molecule has 8 nitrogen and oxygen atoms in total. The van der Waals surface area contributed by atoms with Gasteiger partial charge in [0.1, 0.15) is 13.2 Å². The number of rotatable bonds is 44. The van der Waals surface area contributed by atoms with Crippen LogP contribution in [0.15, 0.2) is 122 Å². The molecule has 0 rings (SSSR count). The molecule has 0 aliphatic rings. The lowest BCUT2D eigenvalue weighted by molar-refractivity contribution is -0.870. The van der Waals surface area contributed by atoms with Gasteiger partial charge < -0.3 is 28.8 Å². The van der Waals surface area contributed by atoms with Gasteiger partial charge in [0.25, 0.3) is 7.82 Å². The molecule has 0 aromatic carbocycles. The van der Waals surface area contributed by atoms with Crippen LogP contribution < -0.4 is 10.2 Å². The Hall–Kier alpha value is -3.10. The van der Waals surface area contributed by atoms with E-state index in [1.165, 1.54) is 38.5 Å². The van der Waals surface area contributed by atoms with Gasteiger partial charge in [-0.05, 0) is 89.9 Å². The molecule has 1 amide bonds. The number of carbonyl (C=O) groups is 1. The first-order valence-electron chi connectivity index (χ1n) is 25.4. The Morgan fingerprint density at radius 2 is 0.938 bits per heavy atom. The lowest BCUT2D eigenvalue weighted by atomic mass is 10.1. The Bertz CT molecular complexity index is 1460. The van der Waals surface area contributed by atoms with Crippen LogP contribution in [0.4, 0.5) is 0 Å². The van der Waals surface area contributed by atoms with Crippen LogP contribution in [0.25, 0.3) is 0 Å². The van der Waals surface area contributed by atoms with Crippen molar-refractivity contribution in [2.45, 2.75) is 187 Å². The molecule has 0 heterocycles. The SMILES string of the molecule is CC/C=C\C/C=C\C/C=C\C/C=C\C/C=C\C/C=C\C/C=C\C/C=C\C/C=C\CCCCCCCCCCCC(=O)NC(COP(=O)([O-])OCC[N+](C)(C)C)C(O)/C=C/CCCCCC. The molecule has 0 aromatic heterocycles. The van der Waals surface area contributed by atoms with Crippen LogP contribution in [-0.2, 0) is 18.4 Å². The minimum absolute atomic E-state index is 0.00899. The monoisotopic (exact) mass is 923 g/mol. The molecule has 370 valence electrons. The second kappa shape index (κ2) is 46.0. The molecular weight excluding hydrogens is 828 g/mol. The van der Waals surface area contributed by atoms with Gasteiger partial charge in [-0.15, -0.1) is 0 Å². The molecule has 0 fully saturated rings. The number of phosphoric ester groups is 1. The van der Waals surface area contributed by atoms with Gasteiger partial charge >= 0.3 is 0 Å². The van der Waals surface area contributed by atoms with Gasteiger partial charge in [0.2, 0.25) is 5.91 Å². The normalized spacial score (nSPS) is 15.1. The summed E-state index contributed by atoms with van der Waals surface area (Å²) < 4.78 is 23.1. The van der Waals surface area contributed by atoms with Crippen LogP contribution in [0.2, 0.25) is 0 Å². The molecule has 0 radical (unpaired) electrons. The van der Waals surface area contributed by atoms with Gasteiger partial charge in [0.15, 0.2) is 0 Å². The Balaban J connectivity index is 4.00. The fraction of sp³-hybridized carbons (Fsp3) is 0.625. The minimum Gasteiger partial charge on any atom is -0.756 e. The lowest BCUT2D eigenvalue weighted by Gasteiger charge is -2.29. The molecule has 0 saturated heterocycles. The highest BCUT2D eigenvalue weighted by molar-refractivity contribution is 7.45.